The first-order chi connectivity index (χ1) is 9.11. The molecule has 19 heavy (non-hydrogen) atoms. The lowest BCUT2D eigenvalue weighted by atomic mass is 10.1. The first-order valence-electron chi connectivity index (χ1n) is 6.16. The molecule has 0 amide bonds. The number of hydrogen-bond acceptors (Lipinski definition) is 4. The molecule has 0 atom stereocenters. The summed E-state index contributed by atoms with van der Waals surface area (Å²) in [7, 11) is 0. The van der Waals surface area contributed by atoms with Crippen molar-refractivity contribution in [3.05, 3.63) is 55.8 Å². The van der Waals surface area contributed by atoms with Crippen molar-refractivity contribution in [2.75, 3.05) is 5.32 Å². The smallest absolute Gasteiger partial charge is 0.274 e. The quantitative estimate of drug-likeness (QED) is 0.659. The lowest BCUT2D eigenvalue weighted by Gasteiger charge is -2.07. The first kappa shape index (κ1) is 13.5. The summed E-state index contributed by atoms with van der Waals surface area (Å²) in [5, 5.41) is 16.3. The Balaban J connectivity index is 2.15. The van der Waals surface area contributed by atoms with Crippen molar-refractivity contribution in [3.63, 3.8) is 0 Å². The molecular weight excluding hydrogens is 260 g/mol. The Labute approximate surface area is 116 Å². The minimum atomic E-state index is -0.319. The molecule has 0 radical (unpaired) electrons. The molecule has 1 aromatic carbocycles. The Bertz CT molecular complexity index is 593. The predicted octanol–water partition coefficient (Wildman–Crippen LogP) is 4.14. The number of nitro benzene ring substituents is 1. The van der Waals surface area contributed by atoms with E-state index >= 15 is 0 Å². The summed E-state index contributed by atoms with van der Waals surface area (Å²) in [6.07, 6.45) is 0.667. The highest BCUT2D eigenvalue weighted by Crippen LogP contribution is 2.25. The number of nitrogens with one attached hydrogen (secondary N) is 1. The van der Waals surface area contributed by atoms with Gasteiger partial charge in [-0.25, -0.2) is 0 Å². The van der Waals surface area contributed by atoms with Crippen LogP contribution in [0.25, 0.3) is 0 Å². The van der Waals surface area contributed by atoms with Crippen LogP contribution < -0.4 is 5.32 Å². The van der Waals surface area contributed by atoms with Crippen LogP contribution in [0.3, 0.4) is 0 Å². The second-order valence-corrected chi connectivity index (χ2v) is 5.34. The Kier molecular flexibility index (Phi) is 4.16. The van der Waals surface area contributed by atoms with E-state index in [2.05, 4.69) is 23.7 Å². The molecule has 0 aliphatic carbocycles. The van der Waals surface area contributed by atoms with Crippen LogP contribution in [-0.2, 0) is 13.0 Å². The van der Waals surface area contributed by atoms with E-state index < -0.39 is 0 Å². The average Bonchev–Trinajstić information content (AvgIpc) is 2.81. The number of benzene rings is 1. The summed E-state index contributed by atoms with van der Waals surface area (Å²) < 4.78 is 0. The molecule has 1 heterocycles. The summed E-state index contributed by atoms with van der Waals surface area (Å²) in [4.78, 5) is 11.9. The van der Waals surface area contributed by atoms with Crippen molar-refractivity contribution in [1.82, 2.24) is 0 Å². The molecule has 0 spiro atoms. The number of rotatable bonds is 5. The van der Waals surface area contributed by atoms with E-state index in [0.717, 1.165) is 11.3 Å². The van der Waals surface area contributed by atoms with Gasteiger partial charge in [-0.05, 0) is 36.4 Å². The van der Waals surface area contributed by atoms with Gasteiger partial charge in [0.1, 0.15) is 0 Å². The fourth-order valence-electron chi connectivity index (χ4n) is 1.91. The molecule has 4 nitrogen and oxygen atoms in total. The molecule has 1 N–H and O–H groups in total. The Morgan fingerprint density at radius 3 is 2.74 bits per heavy atom. The third-order valence-corrected chi connectivity index (χ3v) is 4.11. The standard InChI is InChI=1S/C14H16N2O2S/c1-3-11-4-5-12(8-13(11)16(17)18)15-9-14-10(2)6-7-19-14/h4-8,15H,3,9H2,1-2H3. The Hall–Kier alpha value is -1.88. The third-order valence-electron chi connectivity index (χ3n) is 3.08. The largest absolute Gasteiger partial charge is 0.380 e. The molecule has 0 saturated heterocycles. The molecular formula is C14H16N2O2S. The number of anilines is 1. The van der Waals surface area contributed by atoms with Gasteiger partial charge in [0.25, 0.3) is 5.69 Å². The monoisotopic (exact) mass is 276 g/mol. The van der Waals surface area contributed by atoms with Gasteiger partial charge in [0.15, 0.2) is 0 Å². The average molecular weight is 276 g/mol. The van der Waals surface area contributed by atoms with Gasteiger partial charge in [-0.2, -0.15) is 0 Å². The van der Waals surface area contributed by atoms with Crippen LogP contribution in [-0.4, -0.2) is 4.92 Å². The van der Waals surface area contributed by atoms with Crippen LogP contribution in [0.2, 0.25) is 0 Å². The van der Waals surface area contributed by atoms with Crippen LogP contribution in [0.1, 0.15) is 22.9 Å². The van der Waals surface area contributed by atoms with Crippen molar-refractivity contribution < 1.29 is 4.92 Å². The molecule has 0 aliphatic heterocycles. The van der Waals surface area contributed by atoms with Gasteiger partial charge in [-0.15, -0.1) is 11.3 Å². The normalized spacial score (nSPS) is 10.4. The molecule has 100 valence electrons. The summed E-state index contributed by atoms with van der Waals surface area (Å²) in [5.74, 6) is 0. The van der Waals surface area contributed by atoms with E-state index in [1.165, 1.54) is 10.4 Å². The minimum Gasteiger partial charge on any atom is -0.380 e. The van der Waals surface area contributed by atoms with Crippen LogP contribution in [0.5, 0.6) is 0 Å². The molecule has 2 rings (SSSR count). The zero-order valence-electron chi connectivity index (χ0n) is 11.0. The molecule has 0 aliphatic rings. The highest BCUT2D eigenvalue weighted by Gasteiger charge is 2.13. The van der Waals surface area contributed by atoms with Crippen molar-refractivity contribution >= 4 is 22.7 Å². The van der Waals surface area contributed by atoms with Crippen LogP contribution >= 0.6 is 11.3 Å². The van der Waals surface area contributed by atoms with E-state index in [1.54, 1.807) is 17.4 Å². The number of hydrogen-bond donors (Lipinski definition) is 1. The van der Waals surface area contributed by atoms with Crippen molar-refractivity contribution in [2.45, 2.75) is 26.8 Å². The molecule has 0 saturated carbocycles. The fourth-order valence-corrected chi connectivity index (χ4v) is 2.76. The highest BCUT2D eigenvalue weighted by molar-refractivity contribution is 7.10. The van der Waals surface area contributed by atoms with Gasteiger partial charge < -0.3 is 5.32 Å². The number of nitro groups is 1. The van der Waals surface area contributed by atoms with E-state index in [0.29, 0.717) is 13.0 Å². The lowest BCUT2D eigenvalue weighted by molar-refractivity contribution is -0.385. The van der Waals surface area contributed by atoms with Crippen molar-refractivity contribution in [1.29, 1.82) is 0 Å². The summed E-state index contributed by atoms with van der Waals surface area (Å²) in [6, 6.07) is 7.41. The van der Waals surface area contributed by atoms with Gasteiger partial charge in [0, 0.05) is 28.7 Å². The predicted molar refractivity (Wildman–Crippen MR) is 78.9 cm³/mol. The Morgan fingerprint density at radius 2 is 2.16 bits per heavy atom. The van der Waals surface area contributed by atoms with Gasteiger partial charge in [0.05, 0.1) is 4.92 Å². The summed E-state index contributed by atoms with van der Waals surface area (Å²) in [6.45, 7) is 4.69. The third kappa shape index (κ3) is 3.12. The molecule has 1 aromatic heterocycles. The maximum absolute atomic E-state index is 11.0. The molecule has 0 fully saturated rings. The van der Waals surface area contributed by atoms with E-state index in [4.69, 9.17) is 0 Å². The topological polar surface area (TPSA) is 55.2 Å². The SMILES string of the molecule is CCc1ccc(NCc2sccc2C)cc1[N+](=O)[O-]. The van der Waals surface area contributed by atoms with E-state index in [-0.39, 0.29) is 10.6 Å². The maximum atomic E-state index is 11.0. The number of aryl methyl sites for hydroxylation is 2. The summed E-state index contributed by atoms with van der Waals surface area (Å²) in [5.41, 5.74) is 2.99. The van der Waals surface area contributed by atoms with Gasteiger partial charge in [-0.3, -0.25) is 10.1 Å². The van der Waals surface area contributed by atoms with Gasteiger partial charge in [0.2, 0.25) is 0 Å². The van der Waals surface area contributed by atoms with Crippen LogP contribution in [0, 0.1) is 17.0 Å². The molecule has 5 heteroatoms. The van der Waals surface area contributed by atoms with Gasteiger partial charge in [-0.1, -0.05) is 13.0 Å². The Morgan fingerprint density at radius 1 is 1.37 bits per heavy atom. The molecule has 2 aromatic rings. The fraction of sp³-hybridized carbons (Fsp3) is 0.286. The highest BCUT2D eigenvalue weighted by atomic mass is 32.1. The van der Waals surface area contributed by atoms with Gasteiger partial charge >= 0.3 is 0 Å². The first-order valence-corrected chi connectivity index (χ1v) is 7.04. The van der Waals surface area contributed by atoms with Crippen molar-refractivity contribution in [2.24, 2.45) is 0 Å². The van der Waals surface area contributed by atoms with E-state index in [9.17, 15) is 10.1 Å². The zero-order valence-corrected chi connectivity index (χ0v) is 11.8. The second kappa shape index (κ2) is 5.84. The van der Waals surface area contributed by atoms with Crippen LogP contribution in [0.15, 0.2) is 29.6 Å². The van der Waals surface area contributed by atoms with Crippen LogP contribution in [0.4, 0.5) is 11.4 Å². The second-order valence-electron chi connectivity index (χ2n) is 4.33. The maximum Gasteiger partial charge on any atom is 0.274 e. The number of thiophene rings is 1. The minimum absolute atomic E-state index is 0.190. The number of nitrogens with zero attached hydrogens (tertiary/aromatic N) is 1. The zero-order chi connectivity index (χ0) is 13.8. The molecule has 0 unspecified atom stereocenters. The van der Waals surface area contributed by atoms with Crippen molar-refractivity contribution in [3.8, 4) is 0 Å². The lowest BCUT2D eigenvalue weighted by Crippen LogP contribution is -2.01. The van der Waals surface area contributed by atoms with E-state index in [1.807, 2.05) is 19.1 Å². The summed E-state index contributed by atoms with van der Waals surface area (Å²) >= 11 is 1.69. The molecule has 0 bridgehead atoms.